The third-order valence-corrected chi connectivity index (χ3v) is 5.99. The van der Waals surface area contributed by atoms with Crippen molar-refractivity contribution in [3.63, 3.8) is 0 Å². The minimum Gasteiger partial charge on any atom is -0.228 e. The van der Waals surface area contributed by atoms with E-state index in [1.54, 1.807) is 34.9 Å². The molecule has 0 atom stereocenters. The standard InChI is InChI=1S/C16H13NS3/c1-18-15-14(12-8-4-2-5-9-12)17-16(20-15)19-13-10-6-3-7-11-13/h2-11H,1H3. The van der Waals surface area contributed by atoms with Gasteiger partial charge in [-0.25, -0.2) is 4.98 Å². The molecule has 100 valence electrons. The molecular formula is C16H13NS3. The Morgan fingerprint density at radius 2 is 1.55 bits per heavy atom. The highest BCUT2D eigenvalue weighted by molar-refractivity contribution is 8.03. The maximum atomic E-state index is 4.81. The molecule has 0 aliphatic heterocycles. The molecular weight excluding hydrogens is 302 g/mol. The second-order valence-corrected chi connectivity index (χ2v) is 7.50. The van der Waals surface area contributed by atoms with E-state index in [2.05, 4.69) is 54.8 Å². The number of hydrogen-bond donors (Lipinski definition) is 0. The van der Waals surface area contributed by atoms with Crippen molar-refractivity contribution < 1.29 is 0 Å². The van der Waals surface area contributed by atoms with Gasteiger partial charge in [0.2, 0.25) is 0 Å². The third-order valence-electron chi connectivity index (χ3n) is 2.76. The molecule has 0 fully saturated rings. The molecule has 2 aromatic carbocycles. The summed E-state index contributed by atoms with van der Waals surface area (Å²) in [6.07, 6.45) is 2.11. The topological polar surface area (TPSA) is 12.9 Å². The summed E-state index contributed by atoms with van der Waals surface area (Å²) in [5.74, 6) is 0. The first-order valence-corrected chi connectivity index (χ1v) is 9.06. The van der Waals surface area contributed by atoms with Gasteiger partial charge >= 0.3 is 0 Å². The average molecular weight is 315 g/mol. The van der Waals surface area contributed by atoms with Crippen LogP contribution in [0.25, 0.3) is 11.3 Å². The smallest absolute Gasteiger partial charge is 0.156 e. The van der Waals surface area contributed by atoms with E-state index >= 15 is 0 Å². The zero-order valence-corrected chi connectivity index (χ0v) is 13.4. The van der Waals surface area contributed by atoms with Gasteiger partial charge in [0.05, 0.1) is 9.90 Å². The van der Waals surface area contributed by atoms with E-state index < -0.39 is 0 Å². The molecule has 0 spiro atoms. The van der Waals surface area contributed by atoms with Crippen molar-refractivity contribution in [2.24, 2.45) is 0 Å². The Morgan fingerprint density at radius 3 is 2.20 bits per heavy atom. The van der Waals surface area contributed by atoms with Gasteiger partial charge in [-0.1, -0.05) is 60.3 Å². The molecule has 0 aliphatic rings. The predicted octanol–water partition coefficient (Wildman–Crippen LogP) is 5.68. The first-order valence-electron chi connectivity index (χ1n) is 6.20. The minimum atomic E-state index is 1.10. The van der Waals surface area contributed by atoms with Crippen LogP contribution in [0.1, 0.15) is 0 Å². The minimum absolute atomic E-state index is 1.10. The number of hydrogen-bond acceptors (Lipinski definition) is 4. The second-order valence-electron chi connectivity index (χ2n) is 4.10. The van der Waals surface area contributed by atoms with Gasteiger partial charge in [-0.15, -0.1) is 23.1 Å². The molecule has 0 amide bonds. The molecule has 0 saturated heterocycles. The van der Waals surface area contributed by atoms with Crippen LogP contribution in [0.3, 0.4) is 0 Å². The van der Waals surface area contributed by atoms with Crippen molar-refractivity contribution in [3.8, 4) is 11.3 Å². The Bertz CT molecular complexity index is 677. The van der Waals surface area contributed by atoms with Crippen molar-refractivity contribution in [1.29, 1.82) is 0 Å². The van der Waals surface area contributed by atoms with Gasteiger partial charge in [-0.2, -0.15) is 0 Å². The van der Waals surface area contributed by atoms with Gasteiger partial charge in [0.25, 0.3) is 0 Å². The van der Waals surface area contributed by atoms with Crippen LogP contribution in [0.2, 0.25) is 0 Å². The monoisotopic (exact) mass is 315 g/mol. The first kappa shape index (κ1) is 13.7. The molecule has 1 heterocycles. The molecule has 20 heavy (non-hydrogen) atoms. The van der Waals surface area contributed by atoms with Crippen LogP contribution in [0.15, 0.2) is 74.1 Å². The van der Waals surface area contributed by atoms with Gasteiger partial charge in [0.1, 0.15) is 0 Å². The molecule has 0 saturated carbocycles. The van der Waals surface area contributed by atoms with Crippen LogP contribution < -0.4 is 0 Å². The molecule has 4 heteroatoms. The fraction of sp³-hybridized carbons (Fsp3) is 0.0625. The molecule has 0 aliphatic carbocycles. The molecule has 3 aromatic rings. The highest BCUT2D eigenvalue weighted by Gasteiger charge is 2.13. The zero-order valence-electron chi connectivity index (χ0n) is 10.9. The highest BCUT2D eigenvalue weighted by Crippen LogP contribution is 2.40. The van der Waals surface area contributed by atoms with Gasteiger partial charge < -0.3 is 0 Å². The number of benzene rings is 2. The fourth-order valence-corrected chi connectivity index (χ4v) is 4.82. The van der Waals surface area contributed by atoms with Crippen LogP contribution in [-0.4, -0.2) is 11.2 Å². The van der Waals surface area contributed by atoms with Crippen LogP contribution in [0, 0.1) is 0 Å². The molecule has 0 radical (unpaired) electrons. The fourth-order valence-electron chi connectivity index (χ4n) is 1.84. The summed E-state index contributed by atoms with van der Waals surface area (Å²) in [5, 5.41) is 0. The molecule has 1 nitrogen and oxygen atoms in total. The van der Waals surface area contributed by atoms with Gasteiger partial charge in [-0.3, -0.25) is 0 Å². The largest absolute Gasteiger partial charge is 0.228 e. The maximum Gasteiger partial charge on any atom is 0.156 e. The Hall–Kier alpha value is -1.23. The SMILES string of the molecule is CSc1sc(Sc2ccccc2)nc1-c1ccccc1. The summed E-state index contributed by atoms with van der Waals surface area (Å²) in [7, 11) is 0. The van der Waals surface area contributed by atoms with E-state index in [-0.39, 0.29) is 0 Å². The summed E-state index contributed by atoms with van der Waals surface area (Å²) in [4.78, 5) is 6.04. The number of thioether (sulfide) groups is 1. The summed E-state index contributed by atoms with van der Waals surface area (Å²) < 4.78 is 2.37. The number of aromatic nitrogens is 1. The van der Waals surface area contributed by atoms with Crippen LogP contribution >= 0.6 is 34.9 Å². The van der Waals surface area contributed by atoms with Crippen LogP contribution in [-0.2, 0) is 0 Å². The summed E-state index contributed by atoms with van der Waals surface area (Å²) in [6.45, 7) is 0. The first-order chi connectivity index (χ1) is 9.86. The Morgan fingerprint density at radius 1 is 0.900 bits per heavy atom. The van der Waals surface area contributed by atoms with Crippen LogP contribution in [0.5, 0.6) is 0 Å². The Labute approximate surface area is 131 Å². The van der Waals surface area contributed by atoms with E-state index in [4.69, 9.17) is 4.98 Å². The molecule has 0 bridgehead atoms. The van der Waals surface area contributed by atoms with Gasteiger partial charge in [-0.05, 0) is 18.4 Å². The molecule has 0 unspecified atom stereocenters. The zero-order chi connectivity index (χ0) is 13.8. The summed E-state index contributed by atoms with van der Waals surface area (Å²) in [5.41, 5.74) is 2.29. The lowest BCUT2D eigenvalue weighted by Crippen LogP contribution is -1.79. The van der Waals surface area contributed by atoms with Gasteiger partial charge in [0, 0.05) is 10.5 Å². The van der Waals surface area contributed by atoms with E-state index in [0.717, 1.165) is 10.0 Å². The summed E-state index contributed by atoms with van der Waals surface area (Å²) >= 11 is 5.26. The van der Waals surface area contributed by atoms with Crippen molar-refractivity contribution >= 4 is 34.9 Å². The van der Waals surface area contributed by atoms with Crippen molar-refractivity contribution in [2.75, 3.05) is 6.26 Å². The van der Waals surface area contributed by atoms with Crippen molar-refractivity contribution in [2.45, 2.75) is 13.4 Å². The van der Waals surface area contributed by atoms with Crippen LogP contribution in [0.4, 0.5) is 0 Å². The molecule has 1 aromatic heterocycles. The number of nitrogens with zero attached hydrogens (tertiary/aromatic N) is 1. The quantitative estimate of drug-likeness (QED) is 0.575. The van der Waals surface area contributed by atoms with Crippen molar-refractivity contribution in [3.05, 3.63) is 60.7 Å². The second kappa shape index (κ2) is 6.48. The van der Waals surface area contributed by atoms with Gasteiger partial charge in [0.15, 0.2) is 4.34 Å². The molecule has 3 rings (SSSR count). The lowest BCUT2D eigenvalue weighted by Gasteiger charge is -1.98. The summed E-state index contributed by atoms with van der Waals surface area (Å²) in [6, 6.07) is 20.8. The average Bonchev–Trinajstić information content (AvgIpc) is 2.92. The normalized spacial score (nSPS) is 10.7. The lowest BCUT2D eigenvalue weighted by atomic mass is 10.2. The van der Waals surface area contributed by atoms with E-state index in [0.29, 0.717) is 0 Å². The third kappa shape index (κ3) is 3.08. The van der Waals surface area contributed by atoms with E-state index in [9.17, 15) is 0 Å². The van der Waals surface area contributed by atoms with Crippen molar-refractivity contribution in [1.82, 2.24) is 4.98 Å². The highest BCUT2D eigenvalue weighted by atomic mass is 32.2. The molecule has 0 N–H and O–H groups in total. The number of rotatable bonds is 4. The van der Waals surface area contributed by atoms with E-state index in [1.807, 2.05) is 12.1 Å². The van der Waals surface area contributed by atoms with E-state index in [1.165, 1.54) is 14.7 Å². The Kier molecular flexibility index (Phi) is 4.45. The lowest BCUT2D eigenvalue weighted by molar-refractivity contribution is 1.23. The Balaban J connectivity index is 1.93. The predicted molar refractivity (Wildman–Crippen MR) is 89.9 cm³/mol. The number of thiazole rings is 1. The maximum absolute atomic E-state index is 4.81.